The van der Waals surface area contributed by atoms with Crippen LogP contribution in [0, 0.1) is 0 Å². The Labute approximate surface area is 138 Å². The van der Waals surface area contributed by atoms with E-state index in [1.165, 1.54) is 0 Å². The Balaban J connectivity index is 1.63. The molecule has 3 rings (SSSR count). The van der Waals surface area contributed by atoms with Gasteiger partial charge in [0.2, 0.25) is 5.91 Å². The van der Waals surface area contributed by atoms with Crippen LogP contribution in [0.1, 0.15) is 5.82 Å². The minimum atomic E-state index is -0.0578. The largest absolute Gasteiger partial charge is 0.375 e. The zero-order valence-electron chi connectivity index (χ0n) is 12.6. The summed E-state index contributed by atoms with van der Waals surface area (Å²) < 4.78 is 1.87. The van der Waals surface area contributed by atoms with Gasteiger partial charge in [-0.15, -0.1) is 10.2 Å². The van der Waals surface area contributed by atoms with Crippen molar-refractivity contribution < 1.29 is 4.79 Å². The van der Waals surface area contributed by atoms with E-state index in [9.17, 15) is 4.79 Å². The van der Waals surface area contributed by atoms with Crippen LogP contribution in [0.15, 0.2) is 48.7 Å². The first-order chi connectivity index (χ1) is 11.1. The molecule has 7 heteroatoms. The number of carbonyl (C=O) groups excluding carboxylic acids is 1. The molecule has 2 aromatic heterocycles. The summed E-state index contributed by atoms with van der Waals surface area (Å²) in [4.78, 5) is 13.9. The van der Waals surface area contributed by atoms with Crippen LogP contribution in [-0.4, -0.2) is 39.0 Å². The van der Waals surface area contributed by atoms with Crippen LogP contribution in [0.25, 0.3) is 5.65 Å². The van der Waals surface area contributed by atoms with Crippen molar-refractivity contribution in [3.8, 4) is 0 Å². The van der Waals surface area contributed by atoms with E-state index >= 15 is 0 Å². The van der Waals surface area contributed by atoms with Gasteiger partial charge in [-0.3, -0.25) is 9.20 Å². The second-order valence-corrected chi connectivity index (χ2v) is 5.54. The molecule has 0 aliphatic heterocycles. The van der Waals surface area contributed by atoms with Gasteiger partial charge in [-0.1, -0.05) is 29.8 Å². The number of benzene rings is 1. The Morgan fingerprint density at radius 3 is 2.83 bits per heavy atom. The summed E-state index contributed by atoms with van der Waals surface area (Å²) in [6, 6.07) is 13.0. The summed E-state index contributed by atoms with van der Waals surface area (Å²) >= 11 is 6.06. The van der Waals surface area contributed by atoms with E-state index in [4.69, 9.17) is 11.6 Å². The van der Waals surface area contributed by atoms with E-state index in [0.29, 0.717) is 17.4 Å². The van der Waals surface area contributed by atoms with Crippen molar-refractivity contribution in [2.75, 3.05) is 18.9 Å². The Morgan fingerprint density at radius 2 is 2.00 bits per heavy atom. The number of anilines is 1. The highest BCUT2D eigenvalue weighted by Gasteiger charge is 2.13. The molecule has 6 nitrogen and oxygen atoms in total. The molecule has 0 atom stereocenters. The van der Waals surface area contributed by atoms with Crippen molar-refractivity contribution in [2.24, 2.45) is 0 Å². The van der Waals surface area contributed by atoms with Crippen molar-refractivity contribution in [1.29, 1.82) is 0 Å². The van der Waals surface area contributed by atoms with Crippen LogP contribution in [0.2, 0.25) is 5.02 Å². The number of fused-ring (bicyclic) bond motifs is 1. The number of likely N-dealkylation sites (N-methyl/N-ethyl adjacent to an activating group) is 1. The van der Waals surface area contributed by atoms with Crippen molar-refractivity contribution >= 4 is 28.8 Å². The summed E-state index contributed by atoms with van der Waals surface area (Å²) in [5.41, 5.74) is 1.50. The number of aromatic nitrogens is 3. The van der Waals surface area contributed by atoms with Crippen molar-refractivity contribution in [1.82, 2.24) is 19.5 Å². The third-order valence-electron chi connectivity index (χ3n) is 3.49. The Bertz CT molecular complexity index is 832. The van der Waals surface area contributed by atoms with Crippen molar-refractivity contribution in [3.05, 3.63) is 59.5 Å². The maximum atomic E-state index is 12.3. The first-order valence-electron chi connectivity index (χ1n) is 7.16. The molecular formula is C16H16ClN5O. The Kier molecular flexibility index (Phi) is 4.43. The number of pyridine rings is 1. The van der Waals surface area contributed by atoms with E-state index in [-0.39, 0.29) is 12.5 Å². The topological polar surface area (TPSA) is 62.5 Å². The lowest BCUT2D eigenvalue weighted by atomic mass is 10.3. The molecule has 0 unspecified atom stereocenters. The number of nitrogens with one attached hydrogen (secondary N) is 1. The Hall–Kier alpha value is -2.60. The molecule has 23 heavy (non-hydrogen) atoms. The van der Waals surface area contributed by atoms with Crippen LogP contribution < -0.4 is 5.32 Å². The zero-order chi connectivity index (χ0) is 16.2. The molecule has 0 aliphatic rings. The summed E-state index contributed by atoms with van der Waals surface area (Å²) in [6.45, 7) is 0.547. The third-order valence-corrected chi connectivity index (χ3v) is 3.82. The SMILES string of the molecule is CN(Cc1nnc2ccccn12)C(=O)CNc1ccccc1Cl. The number of hydrogen-bond acceptors (Lipinski definition) is 4. The van der Waals surface area contributed by atoms with E-state index in [0.717, 1.165) is 11.3 Å². The number of rotatable bonds is 5. The predicted octanol–water partition coefficient (Wildman–Crippen LogP) is 2.45. The average Bonchev–Trinajstić information content (AvgIpc) is 2.97. The number of hydrogen-bond donors (Lipinski definition) is 1. The minimum absolute atomic E-state index is 0.0578. The lowest BCUT2D eigenvalue weighted by molar-refractivity contribution is -0.128. The molecule has 0 aliphatic carbocycles. The van der Waals surface area contributed by atoms with Gasteiger partial charge in [-0.25, -0.2) is 0 Å². The fraction of sp³-hybridized carbons (Fsp3) is 0.188. The number of para-hydroxylation sites is 1. The lowest BCUT2D eigenvalue weighted by Gasteiger charge is -2.17. The fourth-order valence-electron chi connectivity index (χ4n) is 2.21. The van der Waals surface area contributed by atoms with E-state index in [1.807, 2.05) is 47.0 Å². The van der Waals surface area contributed by atoms with Gasteiger partial charge in [0, 0.05) is 13.2 Å². The monoisotopic (exact) mass is 329 g/mol. The quantitative estimate of drug-likeness (QED) is 0.781. The van der Waals surface area contributed by atoms with Gasteiger partial charge < -0.3 is 10.2 Å². The summed E-state index contributed by atoms with van der Waals surface area (Å²) in [6.07, 6.45) is 1.88. The van der Waals surface area contributed by atoms with Crippen LogP contribution in [0.3, 0.4) is 0 Å². The Morgan fingerprint density at radius 1 is 1.22 bits per heavy atom. The molecule has 0 saturated heterocycles. The molecule has 2 heterocycles. The van der Waals surface area contributed by atoms with Gasteiger partial charge in [0.1, 0.15) is 0 Å². The number of halogens is 1. The van der Waals surface area contributed by atoms with Gasteiger partial charge in [0.05, 0.1) is 23.8 Å². The number of amides is 1. The maximum absolute atomic E-state index is 12.3. The van der Waals surface area contributed by atoms with Crippen LogP contribution >= 0.6 is 11.6 Å². The lowest BCUT2D eigenvalue weighted by Crippen LogP contribution is -2.32. The molecule has 0 bridgehead atoms. The van der Waals surface area contributed by atoms with Crippen molar-refractivity contribution in [3.63, 3.8) is 0 Å². The second-order valence-electron chi connectivity index (χ2n) is 5.13. The summed E-state index contributed by atoms with van der Waals surface area (Å²) in [5, 5.41) is 11.8. The molecule has 1 N–H and O–H groups in total. The van der Waals surface area contributed by atoms with Crippen molar-refractivity contribution in [2.45, 2.75) is 6.54 Å². The number of nitrogens with zero attached hydrogens (tertiary/aromatic N) is 4. The van der Waals surface area contributed by atoms with Gasteiger partial charge in [-0.05, 0) is 24.3 Å². The average molecular weight is 330 g/mol. The highest BCUT2D eigenvalue weighted by Crippen LogP contribution is 2.20. The highest BCUT2D eigenvalue weighted by atomic mass is 35.5. The van der Waals surface area contributed by atoms with Crippen LogP contribution in [0.5, 0.6) is 0 Å². The standard InChI is InChI=1S/C16H16ClN5O/c1-21(11-15-20-19-14-8-4-5-9-22(14)15)16(23)10-18-13-7-3-2-6-12(13)17/h2-9,18H,10-11H2,1H3. The highest BCUT2D eigenvalue weighted by molar-refractivity contribution is 6.33. The van der Waals surface area contributed by atoms with Crippen LogP contribution in [-0.2, 0) is 11.3 Å². The molecule has 1 aromatic carbocycles. The van der Waals surface area contributed by atoms with E-state index in [1.54, 1.807) is 18.0 Å². The maximum Gasteiger partial charge on any atom is 0.242 e. The van der Waals surface area contributed by atoms with Gasteiger partial charge in [0.25, 0.3) is 0 Å². The summed E-state index contributed by atoms with van der Waals surface area (Å²) in [5.74, 6) is 0.659. The van der Waals surface area contributed by atoms with Gasteiger partial charge in [0.15, 0.2) is 11.5 Å². The second kappa shape index (κ2) is 6.66. The summed E-state index contributed by atoms with van der Waals surface area (Å²) in [7, 11) is 1.74. The molecular weight excluding hydrogens is 314 g/mol. The first-order valence-corrected chi connectivity index (χ1v) is 7.54. The molecule has 118 valence electrons. The zero-order valence-corrected chi connectivity index (χ0v) is 13.4. The van der Waals surface area contributed by atoms with Crippen LogP contribution in [0.4, 0.5) is 5.69 Å². The molecule has 0 saturated carbocycles. The molecule has 0 fully saturated rings. The molecule has 0 radical (unpaired) electrons. The normalized spacial score (nSPS) is 10.7. The predicted molar refractivity (Wildman–Crippen MR) is 89.4 cm³/mol. The smallest absolute Gasteiger partial charge is 0.242 e. The van der Waals surface area contributed by atoms with Gasteiger partial charge in [-0.2, -0.15) is 0 Å². The van der Waals surface area contributed by atoms with Gasteiger partial charge >= 0.3 is 0 Å². The fourth-order valence-corrected chi connectivity index (χ4v) is 2.41. The minimum Gasteiger partial charge on any atom is -0.375 e. The third kappa shape index (κ3) is 3.43. The molecule has 0 spiro atoms. The van der Waals surface area contributed by atoms with E-state index < -0.39 is 0 Å². The van der Waals surface area contributed by atoms with E-state index in [2.05, 4.69) is 15.5 Å². The number of carbonyl (C=O) groups is 1. The molecule has 1 amide bonds. The first kappa shape index (κ1) is 15.3. The molecule has 3 aromatic rings.